The Morgan fingerprint density at radius 3 is 2.39 bits per heavy atom. The summed E-state index contributed by atoms with van der Waals surface area (Å²) in [5.41, 5.74) is 0.986. The Balaban J connectivity index is 1.36. The average Bonchev–Trinajstić information content (AvgIpc) is 3.03. The number of aromatic nitrogens is 6. The fourth-order valence-electron chi connectivity index (χ4n) is 5.57. The highest BCUT2D eigenvalue weighted by Gasteiger charge is 2.21. The number of benzene rings is 2. The Hall–Kier alpha value is -5.01. The third kappa shape index (κ3) is 5.86. The molecule has 0 atom stereocenters. The van der Waals surface area contributed by atoms with E-state index in [-0.39, 0.29) is 22.2 Å². The zero-order valence-corrected chi connectivity index (χ0v) is 26.5. The number of aryl methyl sites for hydroxylation is 1. The van der Waals surface area contributed by atoms with E-state index in [0.29, 0.717) is 28.0 Å². The van der Waals surface area contributed by atoms with Crippen LogP contribution in [0.25, 0.3) is 27.7 Å². The fraction of sp³-hybridized carbons (Fsp3) is 0.333. The molecule has 12 nitrogen and oxygen atoms in total. The van der Waals surface area contributed by atoms with Gasteiger partial charge < -0.3 is 20.2 Å². The van der Waals surface area contributed by atoms with Crippen LogP contribution in [0.1, 0.15) is 31.9 Å². The van der Waals surface area contributed by atoms with Crippen LogP contribution < -0.4 is 21.3 Å². The molecule has 6 rings (SSSR count). The molecule has 0 aliphatic carbocycles. The van der Waals surface area contributed by atoms with Gasteiger partial charge in [-0.2, -0.15) is 14.9 Å². The third-order valence-corrected chi connectivity index (χ3v) is 8.31. The van der Waals surface area contributed by atoms with E-state index in [1.807, 2.05) is 20.8 Å². The van der Waals surface area contributed by atoms with Gasteiger partial charge in [-0.1, -0.05) is 32.9 Å². The lowest BCUT2D eigenvalue weighted by Gasteiger charge is -2.32. The quantitative estimate of drug-likeness (QED) is 0.289. The van der Waals surface area contributed by atoms with Gasteiger partial charge in [0.05, 0.1) is 42.0 Å². The number of nitrogens with one attached hydrogen (secondary N) is 1. The number of fused-ring (bicyclic) bond motifs is 1. The molecule has 46 heavy (non-hydrogen) atoms. The number of likely N-dealkylation sites (N-methyl/N-ethyl adjacent to an activating group) is 1. The molecule has 2 aromatic carbocycles. The van der Waals surface area contributed by atoms with Gasteiger partial charge in [0, 0.05) is 49.7 Å². The first-order valence-electron chi connectivity index (χ1n) is 15.0. The molecule has 1 fully saturated rings. The maximum Gasteiger partial charge on any atom is 0.290 e. The normalized spacial score (nSPS) is 14.2. The molecule has 0 bridgehead atoms. The van der Waals surface area contributed by atoms with Gasteiger partial charge in [-0.25, -0.2) is 19.0 Å². The van der Waals surface area contributed by atoms with Gasteiger partial charge in [-0.05, 0) is 42.3 Å². The van der Waals surface area contributed by atoms with E-state index >= 15 is 4.39 Å². The predicted molar refractivity (Wildman–Crippen MR) is 175 cm³/mol. The van der Waals surface area contributed by atoms with Gasteiger partial charge >= 0.3 is 0 Å². The van der Waals surface area contributed by atoms with Crippen LogP contribution in [-0.4, -0.2) is 72.8 Å². The lowest BCUT2D eigenvalue weighted by Crippen LogP contribution is -2.44. The number of halogens is 1. The largest absolute Gasteiger partial charge is 0.392 e. The molecule has 0 saturated carbocycles. The maximum absolute atomic E-state index is 15.3. The van der Waals surface area contributed by atoms with E-state index in [4.69, 9.17) is 0 Å². The summed E-state index contributed by atoms with van der Waals surface area (Å²) in [7, 11) is 3.61. The first-order chi connectivity index (χ1) is 21.9. The molecule has 1 saturated heterocycles. The predicted octanol–water partition coefficient (Wildman–Crippen LogP) is 3.36. The van der Waals surface area contributed by atoms with Gasteiger partial charge in [-0.15, -0.1) is 0 Å². The van der Waals surface area contributed by atoms with Gasteiger partial charge in [0.1, 0.15) is 23.1 Å². The number of nitrogens with zero attached hydrogens (tertiary/aromatic N) is 8. The molecule has 0 amide bonds. The summed E-state index contributed by atoms with van der Waals surface area (Å²) in [6.07, 6.45) is 4.70. The summed E-state index contributed by atoms with van der Waals surface area (Å²) in [6, 6.07) is 9.73. The third-order valence-electron chi connectivity index (χ3n) is 8.31. The van der Waals surface area contributed by atoms with Crippen LogP contribution >= 0.6 is 0 Å². The van der Waals surface area contributed by atoms with E-state index < -0.39 is 23.5 Å². The maximum atomic E-state index is 15.3. The number of hydrogen-bond donors (Lipinski definition) is 2. The summed E-state index contributed by atoms with van der Waals surface area (Å²) in [5, 5.41) is 22.7. The second kappa shape index (κ2) is 12.1. The summed E-state index contributed by atoms with van der Waals surface area (Å²) < 4.78 is 17.6. The number of rotatable bonds is 6. The van der Waals surface area contributed by atoms with Crippen LogP contribution in [0.5, 0.6) is 0 Å². The highest BCUT2D eigenvalue weighted by atomic mass is 19.1. The lowest BCUT2D eigenvalue weighted by molar-refractivity contribution is 0.281. The van der Waals surface area contributed by atoms with Gasteiger partial charge in [0.15, 0.2) is 0 Å². The molecule has 2 N–H and O–H groups in total. The van der Waals surface area contributed by atoms with Crippen molar-refractivity contribution >= 4 is 28.1 Å². The van der Waals surface area contributed by atoms with Crippen molar-refractivity contribution in [2.24, 2.45) is 7.05 Å². The standard InChI is InChI=1S/C33H36FN9O3/c1-33(2,3)21-13-20-16-37-43(32(46)30(20)24(34)14-21)27-8-6-7-22(23(27)19-44)25-15-26(31(45)41(5)39-25)38-28-17-36-29(18-35-28)42-11-9-40(4)10-12-42/h6-8,13-18,44H,9-12,19H2,1-5H3,(H,35,38). The summed E-state index contributed by atoms with van der Waals surface area (Å²) in [4.78, 5) is 40.1. The van der Waals surface area contributed by atoms with Gasteiger partial charge in [-0.3, -0.25) is 9.59 Å². The van der Waals surface area contributed by atoms with Crippen molar-refractivity contribution in [2.45, 2.75) is 32.8 Å². The van der Waals surface area contributed by atoms with Crippen molar-refractivity contribution in [3.63, 3.8) is 0 Å². The van der Waals surface area contributed by atoms with Crippen LogP contribution in [0.15, 0.2) is 64.6 Å². The Morgan fingerprint density at radius 2 is 1.72 bits per heavy atom. The molecule has 3 aromatic heterocycles. The SMILES string of the molecule is CN1CCN(c2cnc(Nc3cc(-c4cccc(-n5ncc6cc(C(C)(C)C)cc(F)c6c5=O)c4CO)nn(C)c3=O)cn2)CC1. The molecule has 238 valence electrons. The highest BCUT2D eigenvalue weighted by Crippen LogP contribution is 2.30. The first kappa shape index (κ1) is 31.0. The van der Waals surface area contributed by atoms with Gasteiger partial charge in [0.25, 0.3) is 11.1 Å². The molecule has 1 aliphatic heterocycles. The van der Waals surface area contributed by atoms with Crippen molar-refractivity contribution in [3.8, 4) is 16.9 Å². The monoisotopic (exact) mass is 625 g/mol. The van der Waals surface area contributed by atoms with Gasteiger partial charge in [0.2, 0.25) is 0 Å². The summed E-state index contributed by atoms with van der Waals surface area (Å²) >= 11 is 0. The molecule has 4 heterocycles. The average molecular weight is 626 g/mol. The number of aliphatic hydroxyl groups is 1. The lowest BCUT2D eigenvalue weighted by atomic mass is 9.86. The molecule has 5 aromatic rings. The van der Waals surface area contributed by atoms with E-state index in [1.54, 1.807) is 42.7 Å². The minimum atomic E-state index is -0.656. The van der Waals surface area contributed by atoms with Crippen molar-refractivity contribution < 1.29 is 9.50 Å². The second-order valence-electron chi connectivity index (χ2n) is 12.5. The van der Waals surface area contributed by atoms with Crippen molar-refractivity contribution in [2.75, 3.05) is 43.4 Å². The highest BCUT2D eigenvalue weighted by molar-refractivity contribution is 5.83. The topological polar surface area (TPSA) is 134 Å². The molecule has 1 aliphatic rings. The van der Waals surface area contributed by atoms with Crippen molar-refractivity contribution in [1.82, 2.24) is 34.4 Å². The second-order valence-corrected chi connectivity index (χ2v) is 12.5. The van der Waals surface area contributed by atoms with E-state index in [0.717, 1.165) is 42.2 Å². The van der Waals surface area contributed by atoms with Crippen LogP contribution in [0.2, 0.25) is 0 Å². The Morgan fingerprint density at radius 1 is 0.957 bits per heavy atom. The number of hydrogen-bond acceptors (Lipinski definition) is 10. The molecule has 0 unspecified atom stereocenters. The van der Waals surface area contributed by atoms with E-state index in [2.05, 4.69) is 42.3 Å². The number of anilines is 3. The smallest absolute Gasteiger partial charge is 0.290 e. The Kier molecular flexibility index (Phi) is 8.13. The minimum Gasteiger partial charge on any atom is -0.392 e. The molecular weight excluding hydrogens is 589 g/mol. The molecule has 0 spiro atoms. The fourth-order valence-corrected chi connectivity index (χ4v) is 5.57. The van der Waals surface area contributed by atoms with Crippen LogP contribution in [0.3, 0.4) is 0 Å². The molecule has 0 radical (unpaired) electrons. The Labute approximate surface area is 264 Å². The zero-order chi connectivity index (χ0) is 32.7. The van der Waals surface area contributed by atoms with Crippen LogP contribution in [0, 0.1) is 5.82 Å². The van der Waals surface area contributed by atoms with Crippen LogP contribution in [0.4, 0.5) is 21.7 Å². The summed E-state index contributed by atoms with van der Waals surface area (Å²) in [5.74, 6) is 0.505. The first-order valence-corrected chi connectivity index (χ1v) is 15.0. The van der Waals surface area contributed by atoms with Crippen molar-refractivity contribution in [3.05, 3.63) is 92.6 Å². The molecule has 13 heteroatoms. The van der Waals surface area contributed by atoms with E-state index in [1.165, 1.54) is 24.0 Å². The number of aliphatic hydroxyl groups excluding tert-OH is 1. The number of piperazine rings is 1. The zero-order valence-electron chi connectivity index (χ0n) is 26.5. The Bertz CT molecular complexity index is 2040. The van der Waals surface area contributed by atoms with Crippen LogP contribution in [-0.2, 0) is 19.1 Å². The van der Waals surface area contributed by atoms with E-state index in [9.17, 15) is 14.7 Å². The minimum absolute atomic E-state index is 0.0937. The molecular formula is C33H36FN9O3. The summed E-state index contributed by atoms with van der Waals surface area (Å²) in [6.45, 7) is 9.01. The van der Waals surface area contributed by atoms with Crippen molar-refractivity contribution in [1.29, 1.82) is 0 Å².